The Labute approximate surface area is 121 Å². The molecule has 1 heterocycles. The van der Waals surface area contributed by atoms with E-state index in [1.807, 2.05) is 0 Å². The van der Waals surface area contributed by atoms with Crippen molar-refractivity contribution in [1.29, 1.82) is 0 Å². The Balaban J connectivity index is 2.53. The highest BCUT2D eigenvalue weighted by molar-refractivity contribution is 7.89. The van der Waals surface area contributed by atoms with Crippen LogP contribution in [-0.4, -0.2) is 38.8 Å². The number of rotatable bonds is 3. The highest BCUT2D eigenvalue weighted by atomic mass is 35.5. The van der Waals surface area contributed by atoms with Gasteiger partial charge in [-0.05, 0) is 13.0 Å². The summed E-state index contributed by atoms with van der Waals surface area (Å²) in [5.41, 5.74) is 0. The number of amidine groups is 1. The molecule has 0 bridgehead atoms. The van der Waals surface area contributed by atoms with Crippen molar-refractivity contribution in [1.82, 2.24) is 4.31 Å². The van der Waals surface area contributed by atoms with E-state index in [0.717, 1.165) is 0 Å². The molecule has 0 N–H and O–H groups in total. The van der Waals surface area contributed by atoms with Gasteiger partial charge in [0.2, 0.25) is 0 Å². The van der Waals surface area contributed by atoms with Crippen LogP contribution in [0.1, 0.15) is 6.92 Å². The van der Waals surface area contributed by atoms with Crippen LogP contribution in [0.2, 0.25) is 10.0 Å². The van der Waals surface area contributed by atoms with Gasteiger partial charge in [0.1, 0.15) is 16.5 Å². The third kappa shape index (κ3) is 2.52. The molecule has 0 aliphatic carbocycles. The molecule has 0 saturated carbocycles. The monoisotopic (exact) mass is 322 g/mol. The Morgan fingerprint density at radius 2 is 2.00 bits per heavy atom. The number of aliphatic imine (C=N–C) groups is 1. The van der Waals surface area contributed by atoms with Crippen molar-refractivity contribution < 1.29 is 13.2 Å². The topological polar surface area (TPSA) is 59.0 Å². The molecule has 0 spiro atoms. The average Bonchev–Trinajstić information content (AvgIpc) is 2.78. The first-order valence-electron chi connectivity index (χ1n) is 5.44. The maximum Gasteiger partial charge on any atom is 0.266 e. The molecule has 0 amide bonds. The van der Waals surface area contributed by atoms with E-state index in [-0.39, 0.29) is 14.9 Å². The number of nitrogens with zero attached hydrogens (tertiary/aromatic N) is 2. The minimum atomic E-state index is -3.74. The molecular formula is C11H12Cl2N2O3S. The summed E-state index contributed by atoms with van der Waals surface area (Å²) in [7, 11) is -2.30. The molecule has 0 unspecified atom stereocenters. The Kier molecular flexibility index (Phi) is 3.94. The highest BCUT2D eigenvalue weighted by Crippen LogP contribution is 2.35. The molecule has 8 heteroatoms. The normalized spacial score (nSPS) is 15.6. The van der Waals surface area contributed by atoms with Gasteiger partial charge in [0, 0.05) is 6.07 Å². The van der Waals surface area contributed by atoms with Crippen LogP contribution in [0, 0.1) is 0 Å². The summed E-state index contributed by atoms with van der Waals surface area (Å²) in [6.07, 6.45) is 0. The lowest BCUT2D eigenvalue weighted by molar-refractivity contribution is 0.414. The third-order valence-corrected chi connectivity index (χ3v) is 5.42. The van der Waals surface area contributed by atoms with Crippen LogP contribution in [0.15, 0.2) is 22.0 Å². The van der Waals surface area contributed by atoms with Gasteiger partial charge >= 0.3 is 0 Å². The molecule has 1 aliphatic rings. The summed E-state index contributed by atoms with van der Waals surface area (Å²) in [5.74, 6) is 0.778. The van der Waals surface area contributed by atoms with Gasteiger partial charge in [0.05, 0.1) is 30.2 Å². The van der Waals surface area contributed by atoms with Crippen LogP contribution in [0.5, 0.6) is 5.75 Å². The summed E-state index contributed by atoms with van der Waals surface area (Å²) >= 11 is 12.0. The number of sulfonamides is 1. The molecule has 0 saturated heterocycles. The Bertz CT molecular complexity index is 644. The van der Waals surface area contributed by atoms with Gasteiger partial charge in [-0.3, -0.25) is 9.30 Å². The van der Waals surface area contributed by atoms with Crippen molar-refractivity contribution in [3.8, 4) is 5.75 Å². The maximum absolute atomic E-state index is 12.5. The molecule has 0 aromatic heterocycles. The summed E-state index contributed by atoms with van der Waals surface area (Å²) < 4.78 is 31.2. The van der Waals surface area contributed by atoms with Gasteiger partial charge in [0.15, 0.2) is 0 Å². The van der Waals surface area contributed by atoms with Gasteiger partial charge in [-0.15, -0.1) is 0 Å². The van der Waals surface area contributed by atoms with Gasteiger partial charge in [-0.2, -0.15) is 0 Å². The number of halogens is 2. The quantitative estimate of drug-likeness (QED) is 0.858. The van der Waals surface area contributed by atoms with E-state index < -0.39 is 10.0 Å². The lowest BCUT2D eigenvalue weighted by Gasteiger charge is -2.19. The summed E-state index contributed by atoms with van der Waals surface area (Å²) in [6, 6.07) is 2.68. The van der Waals surface area contributed by atoms with Crippen molar-refractivity contribution in [2.75, 3.05) is 20.2 Å². The van der Waals surface area contributed by atoms with Crippen molar-refractivity contribution in [2.24, 2.45) is 4.99 Å². The first-order valence-corrected chi connectivity index (χ1v) is 7.64. The molecule has 1 aliphatic heterocycles. The molecule has 19 heavy (non-hydrogen) atoms. The first kappa shape index (κ1) is 14.4. The number of ether oxygens (including phenoxy) is 1. The standard InChI is InChI=1S/C11H12Cl2N2O3S/c1-7-14-3-4-15(7)19(16,17)11-6-8(12)10(18-2)5-9(11)13/h5-6H,3-4H2,1-2H3. The largest absolute Gasteiger partial charge is 0.495 e. The van der Waals surface area contributed by atoms with E-state index in [0.29, 0.717) is 24.7 Å². The minimum absolute atomic E-state index is 0.0450. The van der Waals surface area contributed by atoms with Crippen LogP contribution in [0.25, 0.3) is 0 Å². The van der Waals surface area contributed by atoms with E-state index in [4.69, 9.17) is 27.9 Å². The highest BCUT2D eigenvalue weighted by Gasteiger charge is 2.30. The molecule has 0 fully saturated rings. The van der Waals surface area contributed by atoms with Crippen LogP contribution in [-0.2, 0) is 10.0 Å². The minimum Gasteiger partial charge on any atom is -0.495 e. The van der Waals surface area contributed by atoms with E-state index in [1.54, 1.807) is 6.92 Å². The summed E-state index contributed by atoms with van der Waals surface area (Å²) in [6.45, 7) is 2.41. The predicted octanol–water partition coefficient (Wildman–Crippen LogP) is 2.42. The van der Waals surface area contributed by atoms with E-state index in [2.05, 4.69) is 4.99 Å². The lowest BCUT2D eigenvalue weighted by atomic mass is 10.3. The van der Waals surface area contributed by atoms with Gasteiger partial charge in [0.25, 0.3) is 10.0 Å². The van der Waals surface area contributed by atoms with Gasteiger partial charge in [-0.1, -0.05) is 23.2 Å². The van der Waals surface area contributed by atoms with Gasteiger partial charge in [-0.25, -0.2) is 8.42 Å². The fourth-order valence-electron chi connectivity index (χ4n) is 1.82. The number of hydrogen-bond donors (Lipinski definition) is 0. The summed E-state index contributed by atoms with van der Waals surface area (Å²) in [5, 5.41) is 0.264. The molecule has 104 valence electrons. The van der Waals surface area contributed by atoms with E-state index in [1.165, 1.54) is 23.5 Å². The van der Waals surface area contributed by atoms with Gasteiger partial charge < -0.3 is 4.74 Å². The number of hydrogen-bond acceptors (Lipinski definition) is 4. The van der Waals surface area contributed by atoms with Crippen molar-refractivity contribution in [3.05, 3.63) is 22.2 Å². The molecule has 0 atom stereocenters. The van der Waals surface area contributed by atoms with Crippen molar-refractivity contribution in [3.63, 3.8) is 0 Å². The second-order valence-corrected chi connectivity index (χ2v) is 6.57. The molecule has 5 nitrogen and oxygen atoms in total. The van der Waals surface area contributed by atoms with E-state index in [9.17, 15) is 8.42 Å². The van der Waals surface area contributed by atoms with E-state index >= 15 is 0 Å². The lowest BCUT2D eigenvalue weighted by Crippen LogP contribution is -2.33. The zero-order valence-corrected chi connectivity index (χ0v) is 12.7. The second kappa shape index (κ2) is 5.19. The summed E-state index contributed by atoms with van der Waals surface area (Å²) in [4.78, 5) is 4.01. The zero-order valence-electron chi connectivity index (χ0n) is 10.4. The smallest absolute Gasteiger partial charge is 0.266 e. The van der Waals surface area contributed by atoms with Crippen molar-refractivity contribution >= 4 is 39.1 Å². The van der Waals surface area contributed by atoms with Crippen LogP contribution in [0.4, 0.5) is 0 Å². The van der Waals surface area contributed by atoms with Crippen LogP contribution >= 0.6 is 23.2 Å². The average molecular weight is 323 g/mol. The molecular weight excluding hydrogens is 311 g/mol. The Morgan fingerprint density at radius 1 is 1.32 bits per heavy atom. The number of benzene rings is 1. The molecule has 1 aromatic rings. The second-order valence-electron chi connectivity index (χ2n) is 3.92. The maximum atomic E-state index is 12.5. The Morgan fingerprint density at radius 3 is 2.53 bits per heavy atom. The Hall–Kier alpha value is -0.980. The van der Waals surface area contributed by atoms with Crippen molar-refractivity contribution in [2.45, 2.75) is 11.8 Å². The molecule has 2 rings (SSSR count). The molecule has 1 aromatic carbocycles. The third-order valence-electron chi connectivity index (χ3n) is 2.78. The first-order chi connectivity index (χ1) is 8.87. The predicted molar refractivity (Wildman–Crippen MR) is 74.9 cm³/mol. The van der Waals surface area contributed by atoms with Crippen LogP contribution < -0.4 is 4.74 Å². The fourth-order valence-corrected chi connectivity index (χ4v) is 4.11. The zero-order chi connectivity index (χ0) is 14.2. The molecule has 0 radical (unpaired) electrons. The van der Waals surface area contributed by atoms with Crippen LogP contribution in [0.3, 0.4) is 0 Å². The fraction of sp³-hybridized carbons (Fsp3) is 0.364. The SMILES string of the molecule is COc1cc(Cl)c(S(=O)(=O)N2CCN=C2C)cc1Cl. The number of methoxy groups -OCH3 is 1.